The van der Waals surface area contributed by atoms with E-state index in [9.17, 15) is 0 Å². The second-order valence-corrected chi connectivity index (χ2v) is 4.82. The molecule has 0 heterocycles. The lowest BCUT2D eigenvalue weighted by atomic mass is 9.92. The zero-order valence-electron chi connectivity index (χ0n) is 12.0. The molecule has 1 heteroatoms. The van der Waals surface area contributed by atoms with E-state index in [1.807, 2.05) is 13.0 Å². The van der Waals surface area contributed by atoms with E-state index < -0.39 is 0 Å². The molecule has 0 aliphatic heterocycles. The number of benzene rings is 2. The molecule has 0 fully saturated rings. The number of hydrogen-bond acceptors (Lipinski definition) is 1. The van der Waals surface area contributed by atoms with Gasteiger partial charge in [-0.2, -0.15) is 0 Å². The van der Waals surface area contributed by atoms with E-state index in [4.69, 9.17) is 4.74 Å². The first-order chi connectivity index (χ1) is 9.24. The van der Waals surface area contributed by atoms with E-state index in [0.29, 0.717) is 12.5 Å². The van der Waals surface area contributed by atoms with Gasteiger partial charge in [-0.1, -0.05) is 50.2 Å². The lowest BCUT2D eigenvalue weighted by Crippen LogP contribution is -1.98. The second kappa shape index (κ2) is 6.42. The van der Waals surface area contributed by atoms with Crippen LogP contribution in [0.5, 0.6) is 5.75 Å². The Balaban J connectivity index is 2.22. The van der Waals surface area contributed by atoms with Crippen molar-refractivity contribution in [1.29, 1.82) is 0 Å². The zero-order valence-corrected chi connectivity index (χ0v) is 12.0. The average molecular weight is 254 g/mol. The van der Waals surface area contributed by atoms with Crippen LogP contribution in [0.3, 0.4) is 0 Å². The molecule has 0 amide bonds. The van der Waals surface area contributed by atoms with Gasteiger partial charge < -0.3 is 4.74 Å². The number of hydrogen-bond donors (Lipinski definition) is 0. The smallest absolute Gasteiger partial charge is 0.119 e. The summed E-state index contributed by atoms with van der Waals surface area (Å²) in [4.78, 5) is 0. The van der Waals surface area contributed by atoms with Crippen LogP contribution in [0, 0.1) is 0 Å². The summed E-state index contributed by atoms with van der Waals surface area (Å²) in [6, 6.07) is 17.3. The first-order valence-corrected chi connectivity index (χ1v) is 7.06. The molecule has 0 N–H and O–H groups in total. The molecule has 0 aliphatic carbocycles. The van der Waals surface area contributed by atoms with E-state index in [1.54, 1.807) is 0 Å². The first kappa shape index (κ1) is 13.7. The fourth-order valence-corrected chi connectivity index (χ4v) is 2.27. The molecular formula is C18H22O. The van der Waals surface area contributed by atoms with Gasteiger partial charge in [0.1, 0.15) is 5.75 Å². The Labute approximate surface area is 116 Å². The SMILES string of the molecule is CCOc1cccc(C(C)c2ccc(CC)cc2)c1. The van der Waals surface area contributed by atoms with Gasteiger partial charge in [-0.15, -0.1) is 0 Å². The van der Waals surface area contributed by atoms with Gasteiger partial charge in [0.05, 0.1) is 6.61 Å². The van der Waals surface area contributed by atoms with Crippen LogP contribution in [-0.2, 0) is 6.42 Å². The van der Waals surface area contributed by atoms with Crippen LogP contribution in [0.15, 0.2) is 48.5 Å². The van der Waals surface area contributed by atoms with Gasteiger partial charge in [-0.25, -0.2) is 0 Å². The van der Waals surface area contributed by atoms with Crippen LogP contribution in [0.2, 0.25) is 0 Å². The highest BCUT2D eigenvalue weighted by molar-refractivity contribution is 5.37. The van der Waals surface area contributed by atoms with Crippen molar-refractivity contribution in [3.8, 4) is 5.75 Å². The molecule has 0 aromatic heterocycles. The van der Waals surface area contributed by atoms with Gasteiger partial charge in [-0.3, -0.25) is 0 Å². The molecule has 0 saturated carbocycles. The van der Waals surface area contributed by atoms with Crippen molar-refractivity contribution < 1.29 is 4.74 Å². The quantitative estimate of drug-likeness (QED) is 0.744. The van der Waals surface area contributed by atoms with Gasteiger partial charge >= 0.3 is 0 Å². The van der Waals surface area contributed by atoms with E-state index in [1.165, 1.54) is 16.7 Å². The number of ether oxygens (including phenoxy) is 1. The second-order valence-electron chi connectivity index (χ2n) is 4.82. The average Bonchev–Trinajstić information content (AvgIpc) is 2.47. The maximum atomic E-state index is 5.57. The summed E-state index contributed by atoms with van der Waals surface area (Å²) in [7, 11) is 0. The fraction of sp³-hybridized carbons (Fsp3) is 0.333. The van der Waals surface area contributed by atoms with Crippen molar-refractivity contribution in [2.45, 2.75) is 33.1 Å². The van der Waals surface area contributed by atoms with Crippen LogP contribution in [0.4, 0.5) is 0 Å². The molecule has 1 unspecified atom stereocenters. The van der Waals surface area contributed by atoms with Gasteiger partial charge in [0.25, 0.3) is 0 Å². The molecule has 2 aromatic rings. The van der Waals surface area contributed by atoms with Crippen molar-refractivity contribution in [3.05, 3.63) is 65.2 Å². The minimum atomic E-state index is 0.395. The highest BCUT2D eigenvalue weighted by atomic mass is 16.5. The summed E-state index contributed by atoms with van der Waals surface area (Å²) in [5, 5.41) is 0. The molecule has 2 aromatic carbocycles. The van der Waals surface area contributed by atoms with Crippen molar-refractivity contribution in [1.82, 2.24) is 0 Å². The molecule has 0 saturated heterocycles. The first-order valence-electron chi connectivity index (χ1n) is 7.06. The summed E-state index contributed by atoms with van der Waals surface area (Å²) in [5.41, 5.74) is 4.04. The molecule has 0 aliphatic rings. The summed E-state index contributed by atoms with van der Waals surface area (Å²) >= 11 is 0. The number of aryl methyl sites for hydroxylation is 1. The Morgan fingerprint density at radius 3 is 2.32 bits per heavy atom. The Morgan fingerprint density at radius 1 is 0.947 bits per heavy atom. The van der Waals surface area contributed by atoms with Gasteiger partial charge in [-0.05, 0) is 42.2 Å². The van der Waals surface area contributed by atoms with Gasteiger partial charge in [0.15, 0.2) is 0 Å². The monoisotopic (exact) mass is 254 g/mol. The minimum absolute atomic E-state index is 0.395. The van der Waals surface area contributed by atoms with Crippen LogP contribution in [-0.4, -0.2) is 6.61 Å². The summed E-state index contributed by atoms with van der Waals surface area (Å²) in [6.45, 7) is 7.15. The third-order valence-corrected chi connectivity index (χ3v) is 3.56. The van der Waals surface area contributed by atoms with Crippen molar-refractivity contribution in [2.24, 2.45) is 0 Å². The van der Waals surface area contributed by atoms with Crippen molar-refractivity contribution in [2.75, 3.05) is 6.61 Å². The van der Waals surface area contributed by atoms with Crippen molar-refractivity contribution in [3.63, 3.8) is 0 Å². The van der Waals surface area contributed by atoms with E-state index in [-0.39, 0.29) is 0 Å². The Hall–Kier alpha value is -1.76. The lowest BCUT2D eigenvalue weighted by Gasteiger charge is -2.14. The van der Waals surface area contributed by atoms with Crippen LogP contribution in [0.25, 0.3) is 0 Å². The van der Waals surface area contributed by atoms with Crippen LogP contribution < -0.4 is 4.74 Å². The topological polar surface area (TPSA) is 9.23 Å². The molecule has 100 valence electrons. The maximum absolute atomic E-state index is 5.57. The summed E-state index contributed by atoms with van der Waals surface area (Å²) < 4.78 is 5.57. The lowest BCUT2D eigenvalue weighted by molar-refractivity contribution is 0.340. The van der Waals surface area contributed by atoms with E-state index >= 15 is 0 Å². The maximum Gasteiger partial charge on any atom is 0.119 e. The molecule has 0 radical (unpaired) electrons. The summed E-state index contributed by atoms with van der Waals surface area (Å²) in [5.74, 6) is 1.35. The zero-order chi connectivity index (χ0) is 13.7. The molecular weight excluding hydrogens is 232 g/mol. The molecule has 0 bridgehead atoms. The number of rotatable bonds is 5. The standard InChI is InChI=1S/C18H22O/c1-4-15-9-11-16(12-10-15)14(3)17-7-6-8-18(13-17)19-5-2/h6-14H,4-5H2,1-3H3. The van der Waals surface area contributed by atoms with Gasteiger partial charge in [0.2, 0.25) is 0 Å². The Bertz CT molecular complexity index is 513. The predicted molar refractivity (Wildman–Crippen MR) is 80.9 cm³/mol. The van der Waals surface area contributed by atoms with Crippen LogP contribution >= 0.6 is 0 Å². The van der Waals surface area contributed by atoms with Crippen molar-refractivity contribution >= 4 is 0 Å². The largest absolute Gasteiger partial charge is 0.494 e. The highest BCUT2D eigenvalue weighted by Crippen LogP contribution is 2.27. The fourth-order valence-electron chi connectivity index (χ4n) is 2.27. The summed E-state index contributed by atoms with van der Waals surface area (Å²) in [6.07, 6.45) is 1.09. The van der Waals surface area contributed by atoms with E-state index in [0.717, 1.165) is 12.2 Å². The predicted octanol–water partition coefficient (Wildman–Crippen LogP) is 4.80. The Morgan fingerprint density at radius 2 is 1.68 bits per heavy atom. The highest BCUT2D eigenvalue weighted by Gasteiger charge is 2.09. The van der Waals surface area contributed by atoms with Gasteiger partial charge in [0, 0.05) is 5.92 Å². The molecule has 2 rings (SSSR count). The third kappa shape index (κ3) is 3.37. The normalized spacial score (nSPS) is 12.2. The minimum Gasteiger partial charge on any atom is -0.494 e. The molecule has 19 heavy (non-hydrogen) atoms. The molecule has 1 atom stereocenters. The van der Waals surface area contributed by atoms with E-state index in [2.05, 4.69) is 56.3 Å². The molecule has 1 nitrogen and oxygen atoms in total. The van der Waals surface area contributed by atoms with Crippen LogP contribution in [0.1, 0.15) is 43.4 Å². The third-order valence-electron chi connectivity index (χ3n) is 3.56. The molecule has 0 spiro atoms. The Kier molecular flexibility index (Phi) is 4.62.